The van der Waals surface area contributed by atoms with Crippen LogP contribution < -0.4 is 0 Å². The molecule has 7 nitrogen and oxygen atoms in total. The molecule has 0 aromatic carbocycles. The zero-order valence-corrected chi connectivity index (χ0v) is 17.4. The SMILES string of the molecule is CC(=O)N(CCc1noc(C(C)C)n1)C1CCCN(C(=O)CCC(C)C)C1. The largest absolute Gasteiger partial charge is 0.341 e. The van der Waals surface area contributed by atoms with E-state index in [2.05, 4.69) is 24.0 Å². The van der Waals surface area contributed by atoms with E-state index in [-0.39, 0.29) is 23.8 Å². The van der Waals surface area contributed by atoms with Crippen LogP contribution in [0.3, 0.4) is 0 Å². The van der Waals surface area contributed by atoms with Gasteiger partial charge < -0.3 is 14.3 Å². The highest BCUT2D eigenvalue weighted by molar-refractivity contribution is 5.77. The lowest BCUT2D eigenvalue weighted by Crippen LogP contribution is -2.51. The molecular weight excluding hydrogens is 344 g/mol. The quantitative estimate of drug-likeness (QED) is 0.695. The molecule has 1 aliphatic rings. The summed E-state index contributed by atoms with van der Waals surface area (Å²) in [5.74, 6) is 2.21. The first kappa shape index (κ1) is 21.4. The Bertz CT molecular complexity index is 626. The van der Waals surface area contributed by atoms with Gasteiger partial charge in [-0.1, -0.05) is 32.9 Å². The molecule has 0 aliphatic carbocycles. The maximum Gasteiger partial charge on any atom is 0.229 e. The fourth-order valence-electron chi connectivity index (χ4n) is 3.43. The lowest BCUT2D eigenvalue weighted by atomic mass is 10.0. The Labute approximate surface area is 162 Å². The van der Waals surface area contributed by atoms with Gasteiger partial charge in [0.25, 0.3) is 0 Å². The summed E-state index contributed by atoms with van der Waals surface area (Å²) in [7, 11) is 0. The maximum absolute atomic E-state index is 12.5. The highest BCUT2D eigenvalue weighted by atomic mass is 16.5. The number of nitrogens with zero attached hydrogens (tertiary/aromatic N) is 4. The molecule has 1 saturated heterocycles. The van der Waals surface area contributed by atoms with Crippen LogP contribution in [0.5, 0.6) is 0 Å². The molecule has 0 saturated carbocycles. The summed E-state index contributed by atoms with van der Waals surface area (Å²) in [4.78, 5) is 32.9. The first-order valence-electron chi connectivity index (χ1n) is 10.1. The topological polar surface area (TPSA) is 79.5 Å². The lowest BCUT2D eigenvalue weighted by Gasteiger charge is -2.39. The summed E-state index contributed by atoms with van der Waals surface area (Å²) in [6.45, 7) is 11.8. The van der Waals surface area contributed by atoms with Crippen molar-refractivity contribution in [3.05, 3.63) is 11.7 Å². The van der Waals surface area contributed by atoms with Crippen molar-refractivity contribution in [1.82, 2.24) is 19.9 Å². The summed E-state index contributed by atoms with van der Waals surface area (Å²) < 4.78 is 5.24. The fourth-order valence-corrected chi connectivity index (χ4v) is 3.43. The molecular formula is C20H34N4O3. The van der Waals surface area contributed by atoms with Crippen molar-refractivity contribution in [2.45, 2.75) is 78.7 Å². The Kier molecular flexibility index (Phi) is 7.80. The van der Waals surface area contributed by atoms with E-state index in [1.54, 1.807) is 6.92 Å². The number of hydrogen-bond donors (Lipinski definition) is 0. The van der Waals surface area contributed by atoms with Crippen molar-refractivity contribution < 1.29 is 14.1 Å². The van der Waals surface area contributed by atoms with E-state index in [1.165, 1.54) is 0 Å². The van der Waals surface area contributed by atoms with Crippen LogP contribution in [0, 0.1) is 5.92 Å². The second-order valence-corrected chi connectivity index (χ2v) is 8.23. The third-order valence-corrected chi connectivity index (χ3v) is 5.08. The first-order valence-corrected chi connectivity index (χ1v) is 10.1. The number of hydrogen-bond acceptors (Lipinski definition) is 5. The summed E-state index contributed by atoms with van der Waals surface area (Å²) in [5, 5.41) is 4.01. The average molecular weight is 379 g/mol. The van der Waals surface area contributed by atoms with Crippen molar-refractivity contribution in [1.29, 1.82) is 0 Å². The van der Waals surface area contributed by atoms with Crippen molar-refractivity contribution >= 4 is 11.8 Å². The number of rotatable bonds is 8. The highest BCUT2D eigenvalue weighted by Gasteiger charge is 2.29. The predicted octanol–water partition coefficient (Wildman–Crippen LogP) is 3.01. The van der Waals surface area contributed by atoms with Crippen LogP contribution >= 0.6 is 0 Å². The summed E-state index contributed by atoms with van der Waals surface area (Å²) >= 11 is 0. The Balaban J connectivity index is 1.94. The van der Waals surface area contributed by atoms with E-state index >= 15 is 0 Å². The molecule has 0 spiro atoms. The van der Waals surface area contributed by atoms with Gasteiger partial charge in [-0.3, -0.25) is 9.59 Å². The first-order chi connectivity index (χ1) is 12.8. The molecule has 2 amide bonds. The summed E-state index contributed by atoms with van der Waals surface area (Å²) in [5.41, 5.74) is 0. The Morgan fingerprint density at radius 1 is 1.30 bits per heavy atom. The molecule has 1 aliphatic heterocycles. The van der Waals surface area contributed by atoms with Crippen LogP contribution in [0.1, 0.15) is 77.9 Å². The van der Waals surface area contributed by atoms with Crippen molar-refractivity contribution in [2.24, 2.45) is 5.92 Å². The smallest absolute Gasteiger partial charge is 0.229 e. The van der Waals surface area contributed by atoms with Gasteiger partial charge in [0.2, 0.25) is 17.7 Å². The predicted molar refractivity (Wildman–Crippen MR) is 103 cm³/mol. The van der Waals surface area contributed by atoms with Gasteiger partial charge in [0, 0.05) is 51.4 Å². The molecule has 7 heteroatoms. The molecule has 1 aromatic heterocycles. The molecule has 0 bridgehead atoms. The molecule has 1 atom stereocenters. The normalized spacial score (nSPS) is 17.6. The van der Waals surface area contributed by atoms with Crippen molar-refractivity contribution in [2.75, 3.05) is 19.6 Å². The molecule has 2 heterocycles. The molecule has 27 heavy (non-hydrogen) atoms. The lowest BCUT2D eigenvalue weighted by molar-refractivity contribution is -0.138. The molecule has 1 aromatic rings. The van der Waals surface area contributed by atoms with Crippen LogP contribution in [-0.4, -0.2) is 57.4 Å². The number of piperidine rings is 1. The minimum absolute atomic E-state index is 0.0315. The number of carbonyl (C=O) groups is 2. The third kappa shape index (κ3) is 6.33. The summed E-state index contributed by atoms with van der Waals surface area (Å²) in [6, 6.07) is 0.0655. The van der Waals surface area contributed by atoms with Gasteiger partial charge in [0.05, 0.1) is 0 Å². The van der Waals surface area contributed by atoms with Gasteiger partial charge >= 0.3 is 0 Å². The van der Waals surface area contributed by atoms with E-state index in [0.29, 0.717) is 43.6 Å². The summed E-state index contributed by atoms with van der Waals surface area (Å²) in [6.07, 6.45) is 3.92. The van der Waals surface area contributed by atoms with Crippen LogP contribution in [0.25, 0.3) is 0 Å². The van der Waals surface area contributed by atoms with Crippen molar-refractivity contribution in [3.8, 4) is 0 Å². The van der Waals surface area contributed by atoms with Crippen LogP contribution in [0.15, 0.2) is 4.52 Å². The van der Waals surface area contributed by atoms with E-state index in [4.69, 9.17) is 4.52 Å². The van der Waals surface area contributed by atoms with E-state index in [0.717, 1.165) is 25.8 Å². The molecule has 2 rings (SSSR count). The molecule has 1 fully saturated rings. The Morgan fingerprint density at radius 3 is 2.63 bits per heavy atom. The van der Waals surface area contributed by atoms with Gasteiger partial charge in [-0.25, -0.2) is 0 Å². The molecule has 1 unspecified atom stereocenters. The van der Waals surface area contributed by atoms with E-state index < -0.39 is 0 Å². The van der Waals surface area contributed by atoms with Gasteiger partial charge in [-0.05, 0) is 25.2 Å². The van der Waals surface area contributed by atoms with Gasteiger partial charge in [0.1, 0.15) is 0 Å². The number of aromatic nitrogens is 2. The molecule has 0 N–H and O–H groups in total. The fraction of sp³-hybridized carbons (Fsp3) is 0.800. The van der Waals surface area contributed by atoms with Gasteiger partial charge in [0.15, 0.2) is 5.82 Å². The van der Waals surface area contributed by atoms with Crippen molar-refractivity contribution in [3.63, 3.8) is 0 Å². The Hall–Kier alpha value is -1.92. The third-order valence-electron chi connectivity index (χ3n) is 5.08. The number of carbonyl (C=O) groups excluding carboxylic acids is 2. The van der Waals surface area contributed by atoms with Crippen LogP contribution in [-0.2, 0) is 16.0 Å². The minimum atomic E-state index is 0.0315. The van der Waals surface area contributed by atoms with Crippen LogP contribution in [0.2, 0.25) is 0 Å². The van der Waals surface area contributed by atoms with E-state index in [9.17, 15) is 9.59 Å². The number of likely N-dealkylation sites (tertiary alicyclic amines) is 1. The Morgan fingerprint density at radius 2 is 2.04 bits per heavy atom. The highest BCUT2D eigenvalue weighted by Crippen LogP contribution is 2.19. The second kappa shape index (κ2) is 9.85. The zero-order chi connectivity index (χ0) is 20.0. The average Bonchev–Trinajstić information content (AvgIpc) is 3.09. The second-order valence-electron chi connectivity index (χ2n) is 8.23. The molecule has 0 radical (unpaired) electrons. The standard InChI is InChI=1S/C20H34N4O3/c1-14(2)8-9-19(26)23-11-6-7-17(13-23)24(16(5)25)12-10-18-21-20(15(3)4)27-22-18/h14-15,17H,6-13H2,1-5H3. The van der Waals surface area contributed by atoms with Gasteiger partial charge in [-0.2, -0.15) is 4.98 Å². The zero-order valence-electron chi connectivity index (χ0n) is 17.4. The van der Waals surface area contributed by atoms with Crippen LogP contribution in [0.4, 0.5) is 0 Å². The minimum Gasteiger partial charge on any atom is -0.341 e. The number of amides is 2. The van der Waals surface area contributed by atoms with Gasteiger partial charge in [-0.15, -0.1) is 0 Å². The van der Waals surface area contributed by atoms with E-state index in [1.807, 2.05) is 23.6 Å². The monoisotopic (exact) mass is 378 g/mol. The molecule has 152 valence electrons. The maximum atomic E-state index is 12.5.